The number of fused-ring (bicyclic) bond motifs is 2. The molecule has 1 N–H and O–H groups in total. The van der Waals surface area contributed by atoms with Crippen LogP contribution in [-0.4, -0.2) is 41.9 Å². The molecule has 0 spiro atoms. The smallest absolute Gasteiger partial charge is 0.203 e. The molecule has 4 aromatic rings. The Morgan fingerprint density at radius 2 is 2.03 bits per heavy atom. The van der Waals surface area contributed by atoms with Gasteiger partial charge in [0, 0.05) is 12.2 Å². The van der Waals surface area contributed by atoms with E-state index >= 15 is 0 Å². The number of allylic oxidation sites excluding steroid dienone is 3. The minimum atomic E-state index is 0.192. The SMILES string of the molecule is C=C/C=C(/Cn1c(-c2cn3c(C)nnc3c(NC(C)C)n2)nc2ccc(C)cc21)N=C. The number of imidazole rings is 1. The van der Waals surface area contributed by atoms with E-state index in [9.17, 15) is 0 Å². The van der Waals surface area contributed by atoms with Crippen LogP contribution in [0, 0.1) is 13.8 Å². The molecule has 0 fully saturated rings. The van der Waals surface area contributed by atoms with Gasteiger partial charge in [0.05, 0.1) is 23.3 Å². The van der Waals surface area contributed by atoms with Gasteiger partial charge in [-0.1, -0.05) is 18.7 Å². The fourth-order valence-corrected chi connectivity index (χ4v) is 3.53. The number of rotatable bonds is 7. The molecule has 0 aliphatic rings. The van der Waals surface area contributed by atoms with Crippen LogP contribution >= 0.6 is 0 Å². The first kappa shape index (κ1) is 20.5. The Hall–Kier alpha value is -3.81. The topological polar surface area (TPSA) is 85.3 Å². The van der Waals surface area contributed by atoms with E-state index in [-0.39, 0.29) is 6.04 Å². The lowest BCUT2D eigenvalue weighted by Crippen LogP contribution is -2.13. The van der Waals surface area contributed by atoms with E-state index in [1.807, 2.05) is 29.7 Å². The third-order valence-electron chi connectivity index (χ3n) is 4.95. The summed E-state index contributed by atoms with van der Waals surface area (Å²) in [4.78, 5) is 14.0. The average Bonchev–Trinajstić information content (AvgIpc) is 3.28. The molecule has 0 atom stereocenters. The lowest BCUT2D eigenvalue weighted by atomic mass is 10.2. The summed E-state index contributed by atoms with van der Waals surface area (Å²) in [7, 11) is 0. The molecule has 4 rings (SSSR count). The predicted octanol–water partition coefficient (Wildman–Crippen LogP) is 4.35. The second kappa shape index (κ2) is 8.14. The van der Waals surface area contributed by atoms with Crippen LogP contribution < -0.4 is 5.32 Å². The van der Waals surface area contributed by atoms with Crippen molar-refractivity contribution in [1.82, 2.24) is 29.1 Å². The van der Waals surface area contributed by atoms with Crippen LogP contribution in [0.3, 0.4) is 0 Å². The van der Waals surface area contributed by atoms with Crippen molar-refractivity contribution in [2.24, 2.45) is 4.99 Å². The third-order valence-corrected chi connectivity index (χ3v) is 4.95. The zero-order valence-electron chi connectivity index (χ0n) is 18.3. The maximum absolute atomic E-state index is 4.92. The van der Waals surface area contributed by atoms with Crippen LogP contribution in [0.4, 0.5) is 5.82 Å². The first-order chi connectivity index (χ1) is 14.9. The zero-order chi connectivity index (χ0) is 22.1. The number of aromatic nitrogens is 6. The number of anilines is 1. The summed E-state index contributed by atoms with van der Waals surface area (Å²) in [6, 6.07) is 6.40. The lowest BCUT2D eigenvalue weighted by molar-refractivity contribution is 0.804. The Morgan fingerprint density at radius 1 is 1.23 bits per heavy atom. The van der Waals surface area contributed by atoms with E-state index in [2.05, 4.69) is 71.3 Å². The number of nitrogens with zero attached hydrogens (tertiary/aromatic N) is 7. The minimum absolute atomic E-state index is 0.192. The van der Waals surface area contributed by atoms with E-state index in [1.165, 1.54) is 0 Å². The van der Waals surface area contributed by atoms with E-state index in [0.717, 1.165) is 39.6 Å². The highest BCUT2D eigenvalue weighted by atomic mass is 15.3. The summed E-state index contributed by atoms with van der Waals surface area (Å²) in [6.07, 6.45) is 5.49. The van der Waals surface area contributed by atoms with Crippen molar-refractivity contribution < 1.29 is 0 Å². The van der Waals surface area contributed by atoms with Crippen molar-refractivity contribution in [3.63, 3.8) is 0 Å². The monoisotopic (exact) mass is 414 g/mol. The van der Waals surface area contributed by atoms with Crippen molar-refractivity contribution in [2.75, 3.05) is 5.32 Å². The molecule has 31 heavy (non-hydrogen) atoms. The summed E-state index contributed by atoms with van der Waals surface area (Å²) < 4.78 is 4.05. The maximum atomic E-state index is 4.92. The molecule has 0 aliphatic carbocycles. The van der Waals surface area contributed by atoms with Gasteiger partial charge in [0.15, 0.2) is 11.6 Å². The predicted molar refractivity (Wildman–Crippen MR) is 126 cm³/mol. The molecule has 0 aliphatic heterocycles. The highest BCUT2D eigenvalue weighted by molar-refractivity contribution is 5.81. The van der Waals surface area contributed by atoms with E-state index in [0.29, 0.717) is 18.0 Å². The van der Waals surface area contributed by atoms with Gasteiger partial charge >= 0.3 is 0 Å². The van der Waals surface area contributed by atoms with Gasteiger partial charge in [0.25, 0.3) is 0 Å². The van der Waals surface area contributed by atoms with Gasteiger partial charge in [-0.25, -0.2) is 9.97 Å². The van der Waals surface area contributed by atoms with Crippen LogP contribution in [0.25, 0.3) is 28.2 Å². The summed E-state index contributed by atoms with van der Waals surface area (Å²) in [5.74, 6) is 2.19. The van der Waals surface area contributed by atoms with Gasteiger partial charge in [-0.2, -0.15) is 0 Å². The molecule has 3 aromatic heterocycles. The number of benzene rings is 1. The number of nitrogens with one attached hydrogen (secondary N) is 1. The largest absolute Gasteiger partial charge is 0.365 e. The standard InChI is InChI=1S/C23H26N8/c1-7-8-17(24-6)12-31-20-11-15(4)9-10-18(20)27-22(31)19-13-30-16(5)28-29-23(30)21(26-19)25-14(2)3/h7-11,13-14H,1,6,12H2,2-5H3,(H,25,26)/b17-8-. The van der Waals surface area contributed by atoms with Crippen LogP contribution in [0.5, 0.6) is 0 Å². The zero-order valence-corrected chi connectivity index (χ0v) is 18.3. The van der Waals surface area contributed by atoms with Gasteiger partial charge in [-0.05, 0) is 58.2 Å². The molecule has 0 radical (unpaired) electrons. The van der Waals surface area contributed by atoms with Crippen molar-refractivity contribution in [1.29, 1.82) is 0 Å². The molecule has 8 heteroatoms. The van der Waals surface area contributed by atoms with Gasteiger partial charge in [0.2, 0.25) is 5.65 Å². The molecule has 8 nitrogen and oxygen atoms in total. The fraction of sp³-hybridized carbons (Fsp3) is 0.261. The minimum Gasteiger partial charge on any atom is -0.365 e. The average molecular weight is 415 g/mol. The lowest BCUT2D eigenvalue weighted by Gasteiger charge is -2.13. The van der Waals surface area contributed by atoms with Crippen LogP contribution in [-0.2, 0) is 6.54 Å². The quantitative estimate of drug-likeness (QED) is 0.359. The first-order valence-electron chi connectivity index (χ1n) is 10.2. The molecular weight excluding hydrogens is 388 g/mol. The van der Waals surface area contributed by atoms with Crippen molar-refractivity contribution in [3.05, 3.63) is 60.2 Å². The Kier molecular flexibility index (Phi) is 5.37. The first-order valence-corrected chi connectivity index (χ1v) is 10.2. The summed E-state index contributed by atoms with van der Waals surface area (Å²) in [6.45, 7) is 16.1. The Bertz CT molecular complexity index is 1320. The molecule has 0 saturated heterocycles. The van der Waals surface area contributed by atoms with Crippen LogP contribution in [0.2, 0.25) is 0 Å². The van der Waals surface area contributed by atoms with Gasteiger partial charge in [-0.3, -0.25) is 9.39 Å². The van der Waals surface area contributed by atoms with Crippen LogP contribution in [0.1, 0.15) is 25.2 Å². The fourth-order valence-electron chi connectivity index (χ4n) is 3.53. The normalized spacial score (nSPS) is 12.1. The van der Waals surface area contributed by atoms with E-state index in [1.54, 1.807) is 6.08 Å². The second-order valence-electron chi connectivity index (χ2n) is 7.78. The van der Waals surface area contributed by atoms with Crippen molar-refractivity contribution in [3.8, 4) is 11.5 Å². The summed E-state index contributed by atoms with van der Waals surface area (Å²) >= 11 is 0. The van der Waals surface area contributed by atoms with Crippen LogP contribution in [0.15, 0.2) is 53.8 Å². The third kappa shape index (κ3) is 3.84. The summed E-state index contributed by atoms with van der Waals surface area (Å²) in [5, 5.41) is 11.9. The molecule has 3 heterocycles. The molecule has 1 aromatic carbocycles. The van der Waals surface area contributed by atoms with Crippen molar-refractivity contribution >= 4 is 29.2 Å². The van der Waals surface area contributed by atoms with Gasteiger partial charge in [0.1, 0.15) is 11.5 Å². The molecule has 0 bridgehead atoms. The number of aliphatic imine (C=N–C) groups is 1. The molecule has 0 unspecified atom stereocenters. The second-order valence-corrected chi connectivity index (χ2v) is 7.78. The highest BCUT2D eigenvalue weighted by Gasteiger charge is 2.19. The number of hydrogen-bond donors (Lipinski definition) is 1. The highest BCUT2D eigenvalue weighted by Crippen LogP contribution is 2.28. The molecule has 0 amide bonds. The Labute approximate surface area is 181 Å². The van der Waals surface area contributed by atoms with E-state index < -0.39 is 0 Å². The van der Waals surface area contributed by atoms with Crippen molar-refractivity contribution in [2.45, 2.75) is 40.3 Å². The molecule has 158 valence electrons. The molecular formula is C23H26N8. The Balaban J connectivity index is 1.99. The Morgan fingerprint density at radius 3 is 2.74 bits per heavy atom. The number of hydrogen-bond acceptors (Lipinski definition) is 6. The van der Waals surface area contributed by atoms with Gasteiger partial charge in [-0.15, -0.1) is 10.2 Å². The maximum Gasteiger partial charge on any atom is 0.203 e. The number of aryl methyl sites for hydroxylation is 2. The summed E-state index contributed by atoms with van der Waals surface area (Å²) in [5.41, 5.74) is 5.25. The van der Waals surface area contributed by atoms with E-state index in [4.69, 9.17) is 9.97 Å². The molecule has 0 saturated carbocycles. The van der Waals surface area contributed by atoms with Gasteiger partial charge < -0.3 is 9.88 Å².